The number of carbonyl (C=O) groups excluding carboxylic acids is 2. The maximum atomic E-state index is 12.9. The van der Waals surface area contributed by atoms with Crippen LogP contribution in [0.4, 0.5) is 4.39 Å². The SMILES string of the molecule is NC(=O)C1CCN(C(=O)c2ccc(F)cc2O)CC1. The molecule has 3 N–H and O–H groups in total. The van der Waals surface area contributed by atoms with Crippen molar-refractivity contribution in [1.29, 1.82) is 0 Å². The van der Waals surface area contributed by atoms with E-state index in [0.29, 0.717) is 25.9 Å². The second-order valence-electron chi connectivity index (χ2n) is 4.63. The molecule has 1 aromatic carbocycles. The van der Waals surface area contributed by atoms with E-state index in [2.05, 4.69) is 0 Å². The lowest BCUT2D eigenvalue weighted by Crippen LogP contribution is -2.41. The summed E-state index contributed by atoms with van der Waals surface area (Å²) < 4.78 is 12.9. The summed E-state index contributed by atoms with van der Waals surface area (Å²) in [4.78, 5) is 24.7. The van der Waals surface area contributed by atoms with Crippen LogP contribution in [0.5, 0.6) is 5.75 Å². The molecule has 0 saturated carbocycles. The third kappa shape index (κ3) is 2.83. The second kappa shape index (κ2) is 5.26. The summed E-state index contributed by atoms with van der Waals surface area (Å²) in [5, 5.41) is 9.57. The van der Waals surface area contributed by atoms with Gasteiger partial charge in [0.2, 0.25) is 5.91 Å². The Morgan fingerprint density at radius 2 is 1.95 bits per heavy atom. The van der Waals surface area contributed by atoms with E-state index in [1.165, 1.54) is 11.0 Å². The summed E-state index contributed by atoms with van der Waals surface area (Å²) >= 11 is 0. The van der Waals surface area contributed by atoms with Crippen LogP contribution >= 0.6 is 0 Å². The molecule has 0 bridgehead atoms. The lowest BCUT2D eigenvalue weighted by molar-refractivity contribution is -0.123. The fourth-order valence-electron chi connectivity index (χ4n) is 2.22. The molecule has 0 aliphatic carbocycles. The molecule has 0 unspecified atom stereocenters. The Bertz CT molecular complexity index is 511. The zero-order valence-electron chi connectivity index (χ0n) is 10.3. The normalized spacial score (nSPS) is 16.4. The molecule has 5 nitrogen and oxygen atoms in total. The van der Waals surface area contributed by atoms with Gasteiger partial charge in [-0.05, 0) is 25.0 Å². The number of rotatable bonds is 2. The largest absolute Gasteiger partial charge is 0.507 e. The summed E-state index contributed by atoms with van der Waals surface area (Å²) in [6.45, 7) is 0.812. The molecule has 0 atom stereocenters. The fraction of sp³-hybridized carbons (Fsp3) is 0.385. The zero-order valence-corrected chi connectivity index (χ0v) is 10.3. The molecule has 2 amide bonds. The number of hydrogen-bond donors (Lipinski definition) is 2. The van der Waals surface area contributed by atoms with Gasteiger partial charge in [0.1, 0.15) is 11.6 Å². The molecule has 1 aliphatic rings. The molecule has 1 aromatic rings. The number of amides is 2. The standard InChI is InChI=1S/C13H15FN2O3/c14-9-1-2-10(11(17)7-9)13(19)16-5-3-8(4-6-16)12(15)18/h1-2,7-8,17H,3-6H2,(H2,15,18). The van der Waals surface area contributed by atoms with Gasteiger partial charge in [-0.1, -0.05) is 0 Å². The minimum absolute atomic E-state index is 0.0684. The number of nitrogens with two attached hydrogens (primary N) is 1. The Morgan fingerprint density at radius 1 is 1.32 bits per heavy atom. The molecule has 1 saturated heterocycles. The van der Waals surface area contributed by atoms with Crippen LogP contribution in [0.15, 0.2) is 18.2 Å². The van der Waals surface area contributed by atoms with Crippen molar-refractivity contribution < 1.29 is 19.1 Å². The van der Waals surface area contributed by atoms with Crippen LogP contribution in [0.2, 0.25) is 0 Å². The van der Waals surface area contributed by atoms with Crippen molar-refractivity contribution in [2.24, 2.45) is 11.7 Å². The molecule has 19 heavy (non-hydrogen) atoms. The van der Waals surface area contributed by atoms with Crippen molar-refractivity contribution in [3.05, 3.63) is 29.6 Å². The van der Waals surface area contributed by atoms with Gasteiger partial charge in [-0.15, -0.1) is 0 Å². The number of aromatic hydroxyl groups is 1. The van der Waals surface area contributed by atoms with E-state index in [9.17, 15) is 19.1 Å². The van der Waals surface area contributed by atoms with E-state index in [4.69, 9.17) is 5.73 Å². The zero-order chi connectivity index (χ0) is 14.0. The van der Waals surface area contributed by atoms with Gasteiger partial charge >= 0.3 is 0 Å². The van der Waals surface area contributed by atoms with Crippen LogP contribution in [-0.2, 0) is 4.79 Å². The second-order valence-corrected chi connectivity index (χ2v) is 4.63. The summed E-state index contributed by atoms with van der Waals surface area (Å²) in [7, 11) is 0. The Labute approximate surface area is 109 Å². The van der Waals surface area contributed by atoms with Gasteiger partial charge in [0, 0.05) is 25.1 Å². The van der Waals surface area contributed by atoms with Crippen molar-refractivity contribution >= 4 is 11.8 Å². The van der Waals surface area contributed by atoms with Crippen molar-refractivity contribution in [2.45, 2.75) is 12.8 Å². The number of benzene rings is 1. The van der Waals surface area contributed by atoms with Crippen molar-refractivity contribution in [3.63, 3.8) is 0 Å². The number of phenolic OH excluding ortho intramolecular Hbond substituents is 1. The predicted molar refractivity (Wildman–Crippen MR) is 65.9 cm³/mol. The van der Waals surface area contributed by atoms with E-state index >= 15 is 0 Å². The highest BCUT2D eigenvalue weighted by Crippen LogP contribution is 2.23. The predicted octanol–water partition coefficient (Wildman–Crippen LogP) is 0.869. The first-order chi connectivity index (χ1) is 8.99. The van der Waals surface area contributed by atoms with Crippen LogP contribution in [0.3, 0.4) is 0 Å². The summed E-state index contributed by atoms with van der Waals surface area (Å²) in [5.74, 6) is -1.88. The average Bonchev–Trinajstić information content (AvgIpc) is 2.38. The first kappa shape index (κ1) is 13.3. The minimum Gasteiger partial charge on any atom is -0.507 e. The molecule has 1 fully saturated rings. The number of nitrogens with zero attached hydrogens (tertiary/aromatic N) is 1. The topological polar surface area (TPSA) is 83.6 Å². The number of phenols is 1. The van der Waals surface area contributed by atoms with Crippen molar-refractivity contribution in [2.75, 3.05) is 13.1 Å². The van der Waals surface area contributed by atoms with Gasteiger partial charge < -0.3 is 15.7 Å². The van der Waals surface area contributed by atoms with Crippen LogP contribution in [0, 0.1) is 11.7 Å². The lowest BCUT2D eigenvalue weighted by Gasteiger charge is -2.30. The highest BCUT2D eigenvalue weighted by molar-refractivity contribution is 5.97. The van der Waals surface area contributed by atoms with E-state index < -0.39 is 5.82 Å². The Hall–Kier alpha value is -2.11. The van der Waals surface area contributed by atoms with Gasteiger partial charge in [-0.25, -0.2) is 4.39 Å². The first-order valence-electron chi connectivity index (χ1n) is 6.06. The molecular weight excluding hydrogens is 251 g/mol. The van der Waals surface area contributed by atoms with Gasteiger partial charge in [0.05, 0.1) is 5.56 Å². The Balaban J connectivity index is 2.07. The highest BCUT2D eigenvalue weighted by atomic mass is 19.1. The van der Waals surface area contributed by atoms with Gasteiger partial charge in [-0.2, -0.15) is 0 Å². The molecule has 102 valence electrons. The highest BCUT2D eigenvalue weighted by Gasteiger charge is 2.27. The minimum atomic E-state index is -0.596. The molecule has 6 heteroatoms. The summed E-state index contributed by atoms with van der Waals surface area (Å²) in [6.07, 6.45) is 1.03. The number of carbonyl (C=O) groups is 2. The number of piperidine rings is 1. The van der Waals surface area contributed by atoms with Crippen LogP contribution < -0.4 is 5.73 Å². The van der Waals surface area contributed by atoms with E-state index in [1.807, 2.05) is 0 Å². The Kier molecular flexibility index (Phi) is 3.69. The molecule has 0 radical (unpaired) electrons. The number of hydrogen-bond acceptors (Lipinski definition) is 3. The maximum absolute atomic E-state index is 12.9. The average molecular weight is 266 g/mol. The van der Waals surface area contributed by atoms with Crippen LogP contribution in [0.1, 0.15) is 23.2 Å². The lowest BCUT2D eigenvalue weighted by atomic mass is 9.96. The van der Waals surface area contributed by atoms with Crippen molar-refractivity contribution in [1.82, 2.24) is 4.90 Å². The number of likely N-dealkylation sites (tertiary alicyclic amines) is 1. The van der Waals surface area contributed by atoms with E-state index in [1.54, 1.807) is 0 Å². The molecule has 0 spiro atoms. The third-order valence-corrected chi connectivity index (χ3v) is 3.37. The first-order valence-corrected chi connectivity index (χ1v) is 6.06. The van der Waals surface area contributed by atoms with Gasteiger partial charge in [0.25, 0.3) is 5.91 Å². The third-order valence-electron chi connectivity index (χ3n) is 3.37. The van der Waals surface area contributed by atoms with Crippen LogP contribution in [-0.4, -0.2) is 34.9 Å². The quantitative estimate of drug-likeness (QED) is 0.833. The van der Waals surface area contributed by atoms with Crippen LogP contribution in [0.25, 0.3) is 0 Å². The van der Waals surface area contributed by atoms with E-state index in [0.717, 1.165) is 12.1 Å². The number of halogens is 1. The molecule has 2 rings (SSSR count). The number of primary amides is 1. The van der Waals surface area contributed by atoms with E-state index in [-0.39, 0.29) is 29.0 Å². The summed E-state index contributed by atoms with van der Waals surface area (Å²) in [6, 6.07) is 3.29. The van der Waals surface area contributed by atoms with Gasteiger partial charge in [0.15, 0.2) is 0 Å². The molecular formula is C13H15FN2O3. The monoisotopic (exact) mass is 266 g/mol. The molecule has 1 aliphatic heterocycles. The maximum Gasteiger partial charge on any atom is 0.257 e. The van der Waals surface area contributed by atoms with Gasteiger partial charge in [-0.3, -0.25) is 9.59 Å². The molecule has 1 heterocycles. The molecule has 0 aromatic heterocycles. The summed E-state index contributed by atoms with van der Waals surface area (Å²) in [5.41, 5.74) is 5.29. The fourth-order valence-corrected chi connectivity index (χ4v) is 2.22. The van der Waals surface area contributed by atoms with Crippen molar-refractivity contribution in [3.8, 4) is 5.75 Å². The Morgan fingerprint density at radius 3 is 2.47 bits per heavy atom. The smallest absolute Gasteiger partial charge is 0.257 e.